The van der Waals surface area contributed by atoms with Crippen LogP contribution in [0.2, 0.25) is 5.04 Å². The zero-order valence-electron chi connectivity index (χ0n) is 19.6. The molecule has 4 heteroatoms. The summed E-state index contributed by atoms with van der Waals surface area (Å²) >= 11 is 0. The monoisotopic (exact) mass is 438 g/mol. The number of allylic oxidation sites excluding steroid dienone is 1. The summed E-state index contributed by atoms with van der Waals surface area (Å²) in [6.45, 7) is 11.4. The molecule has 0 radical (unpaired) electrons. The average molecular weight is 439 g/mol. The van der Waals surface area contributed by atoms with Crippen molar-refractivity contribution >= 4 is 18.7 Å². The molecule has 1 heterocycles. The van der Waals surface area contributed by atoms with Gasteiger partial charge in [0.15, 0.2) is 5.79 Å². The maximum absolute atomic E-state index is 7.09. The van der Waals surface area contributed by atoms with Gasteiger partial charge in [-0.3, -0.25) is 0 Å². The van der Waals surface area contributed by atoms with Crippen LogP contribution in [0, 0.1) is 0 Å². The van der Waals surface area contributed by atoms with Crippen LogP contribution in [0.4, 0.5) is 0 Å². The molecule has 0 aliphatic carbocycles. The van der Waals surface area contributed by atoms with Gasteiger partial charge >= 0.3 is 0 Å². The van der Waals surface area contributed by atoms with Gasteiger partial charge in [-0.2, -0.15) is 0 Å². The Bertz CT molecular complexity index is 776. The number of methoxy groups -OCH3 is 1. The third-order valence-electron chi connectivity index (χ3n) is 6.47. The third-order valence-corrected chi connectivity index (χ3v) is 11.5. The summed E-state index contributed by atoms with van der Waals surface area (Å²) in [5.74, 6) is -0.522. The molecule has 0 bridgehead atoms. The fourth-order valence-electron chi connectivity index (χ4n) is 4.88. The lowest BCUT2D eigenvalue weighted by Gasteiger charge is -2.45. The highest BCUT2D eigenvalue weighted by Gasteiger charge is 2.51. The molecule has 168 valence electrons. The van der Waals surface area contributed by atoms with E-state index in [1.165, 1.54) is 10.4 Å². The fourth-order valence-corrected chi connectivity index (χ4v) is 9.47. The minimum absolute atomic E-state index is 0.0279. The van der Waals surface area contributed by atoms with Crippen molar-refractivity contribution < 1.29 is 13.9 Å². The van der Waals surface area contributed by atoms with Crippen LogP contribution in [0.3, 0.4) is 0 Å². The van der Waals surface area contributed by atoms with Crippen molar-refractivity contribution in [2.45, 2.75) is 69.8 Å². The van der Waals surface area contributed by atoms with E-state index in [1.807, 2.05) is 6.08 Å². The van der Waals surface area contributed by atoms with Crippen molar-refractivity contribution in [3.8, 4) is 0 Å². The van der Waals surface area contributed by atoms with Crippen molar-refractivity contribution in [1.29, 1.82) is 0 Å². The van der Waals surface area contributed by atoms with Gasteiger partial charge in [-0.1, -0.05) is 87.5 Å². The highest BCUT2D eigenvalue weighted by atomic mass is 28.4. The highest BCUT2D eigenvalue weighted by molar-refractivity contribution is 6.99. The second-order valence-electron chi connectivity index (χ2n) is 9.55. The van der Waals surface area contributed by atoms with E-state index in [-0.39, 0.29) is 11.1 Å². The number of ether oxygens (including phenoxy) is 2. The van der Waals surface area contributed by atoms with Crippen LogP contribution < -0.4 is 10.4 Å². The number of benzene rings is 2. The van der Waals surface area contributed by atoms with Crippen LogP contribution in [0.25, 0.3) is 0 Å². The summed E-state index contributed by atoms with van der Waals surface area (Å²) in [5.41, 5.74) is 0. The van der Waals surface area contributed by atoms with Crippen molar-refractivity contribution in [2.24, 2.45) is 0 Å². The largest absolute Gasteiger partial charge is 0.405 e. The molecule has 0 aromatic heterocycles. The summed E-state index contributed by atoms with van der Waals surface area (Å²) in [7, 11) is -0.794. The van der Waals surface area contributed by atoms with Gasteiger partial charge in [-0.15, -0.1) is 6.58 Å². The molecular weight excluding hydrogens is 400 g/mol. The van der Waals surface area contributed by atoms with E-state index in [0.29, 0.717) is 6.61 Å². The predicted molar refractivity (Wildman–Crippen MR) is 131 cm³/mol. The Hall–Kier alpha value is -1.72. The first kappa shape index (κ1) is 23.9. The second kappa shape index (κ2) is 10.3. The predicted octanol–water partition coefficient (Wildman–Crippen LogP) is 5.44. The lowest BCUT2D eigenvalue weighted by Crippen LogP contribution is -2.67. The summed E-state index contributed by atoms with van der Waals surface area (Å²) in [6, 6.07) is 21.6. The SMILES string of the molecule is C=CCC[C@@]1(OC)CCC[C@@H](CO[Si](c2ccccc2)(c2ccccc2)C(C)(C)C)O1. The summed E-state index contributed by atoms with van der Waals surface area (Å²) in [4.78, 5) is 0. The van der Waals surface area contributed by atoms with E-state index in [1.54, 1.807) is 7.11 Å². The van der Waals surface area contributed by atoms with Gasteiger partial charge in [-0.25, -0.2) is 0 Å². The minimum Gasteiger partial charge on any atom is -0.405 e. The molecule has 2 atom stereocenters. The molecule has 0 spiro atoms. The Kier molecular flexibility index (Phi) is 7.92. The summed E-state index contributed by atoms with van der Waals surface area (Å²) < 4.78 is 19.5. The zero-order valence-corrected chi connectivity index (χ0v) is 20.6. The topological polar surface area (TPSA) is 27.7 Å². The first-order valence-corrected chi connectivity index (χ1v) is 13.4. The Labute approximate surface area is 189 Å². The molecule has 0 saturated carbocycles. The number of hydrogen-bond donors (Lipinski definition) is 0. The van der Waals surface area contributed by atoms with Crippen molar-refractivity contribution in [3.05, 3.63) is 73.3 Å². The Balaban J connectivity index is 1.92. The fraction of sp³-hybridized carbons (Fsp3) is 0.481. The molecule has 3 rings (SSSR count). The van der Waals surface area contributed by atoms with Crippen molar-refractivity contribution in [3.63, 3.8) is 0 Å². The van der Waals surface area contributed by atoms with Crippen molar-refractivity contribution in [1.82, 2.24) is 0 Å². The Morgan fingerprint density at radius 2 is 1.65 bits per heavy atom. The Morgan fingerprint density at radius 1 is 1.06 bits per heavy atom. The summed E-state index contributed by atoms with van der Waals surface area (Å²) in [5, 5.41) is 2.56. The van der Waals surface area contributed by atoms with E-state index in [9.17, 15) is 0 Å². The molecule has 1 saturated heterocycles. The minimum atomic E-state index is -2.55. The molecule has 2 aromatic rings. The maximum Gasteiger partial charge on any atom is 0.261 e. The molecule has 1 aliphatic rings. The molecule has 0 unspecified atom stereocenters. The van der Waals surface area contributed by atoms with E-state index in [2.05, 4.69) is 88.0 Å². The number of rotatable bonds is 9. The molecular formula is C27H38O3Si. The number of hydrogen-bond acceptors (Lipinski definition) is 3. The van der Waals surface area contributed by atoms with E-state index >= 15 is 0 Å². The first-order valence-electron chi connectivity index (χ1n) is 11.5. The lowest BCUT2D eigenvalue weighted by molar-refractivity contribution is -0.274. The second-order valence-corrected chi connectivity index (χ2v) is 13.9. The van der Waals surface area contributed by atoms with Gasteiger partial charge in [0.2, 0.25) is 0 Å². The van der Waals surface area contributed by atoms with Gasteiger partial charge in [0.1, 0.15) is 0 Å². The van der Waals surface area contributed by atoms with Gasteiger partial charge in [0, 0.05) is 20.0 Å². The Morgan fingerprint density at radius 3 is 2.13 bits per heavy atom. The average Bonchev–Trinajstić information content (AvgIpc) is 2.79. The normalized spacial score (nSPS) is 22.3. The standard InChI is InChI=1S/C27H38O3Si/c1-6-7-20-27(28-5)21-14-15-23(30-27)22-29-31(26(2,3)4,24-16-10-8-11-17-24)25-18-12-9-13-19-25/h6,8-13,16-19,23H,1,7,14-15,20-22H2,2-5H3/t23-,27-/m0/s1. The van der Waals surface area contributed by atoms with Crippen LogP contribution in [-0.4, -0.2) is 33.9 Å². The molecule has 2 aromatic carbocycles. The summed E-state index contributed by atoms with van der Waals surface area (Å²) in [6.07, 6.45) is 6.69. The van der Waals surface area contributed by atoms with Gasteiger partial charge < -0.3 is 13.9 Å². The smallest absolute Gasteiger partial charge is 0.261 e. The first-order chi connectivity index (χ1) is 14.9. The van der Waals surface area contributed by atoms with Crippen LogP contribution in [-0.2, 0) is 13.9 Å². The van der Waals surface area contributed by atoms with Gasteiger partial charge in [0.05, 0.1) is 12.7 Å². The van der Waals surface area contributed by atoms with Crippen LogP contribution >= 0.6 is 0 Å². The highest BCUT2D eigenvalue weighted by Crippen LogP contribution is 2.38. The van der Waals surface area contributed by atoms with Crippen LogP contribution in [0.1, 0.15) is 52.9 Å². The molecule has 31 heavy (non-hydrogen) atoms. The third kappa shape index (κ3) is 5.20. The molecule has 0 amide bonds. The lowest BCUT2D eigenvalue weighted by atomic mass is 9.97. The van der Waals surface area contributed by atoms with E-state index in [0.717, 1.165) is 32.1 Å². The maximum atomic E-state index is 7.09. The molecule has 1 fully saturated rings. The van der Waals surface area contributed by atoms with Crippen LogP contribution in [0.5, 0.6) is 0 Å². The van der Waals surface area contributed by atoms with E-state index < -0.39 is 14.1 Å². The van der Waals surface area contributed by atoms with E-state index in [4.69, 9.17) is 13.9 Å². The van der Waals surface area contributed by atoms with Crippen molar-refractivity contribution in [2.75, 3.05) is 13.7 Å². The molecule has 1 aliphatic heterocycles. The molecule has 3 nitrogen and oxygen atoms in total. The van der Waals surface area contributed by atoms with Gasteiger partial charge in [0.25, 0.3) is 8.32 Å². The quantitative estimate of drug-likeness (QED) is 0.385. The van der Waals surface area contributed by atoms with Gasteiger partial charge in [-0.05, 0) is 34.7 Å². The molecule has 0 N–H and O–H groups in total. The van der Waals surface area contributed by atoms with Crippen LogP contribution in [0.15, 0.2) is 73.3 Å². The zero-order chi connectivity index (χ0) is 22.4.